The number of imidazole rings is 1. The Bertz CT molecular complexity index is 997. The van der Waals surface area contributed by atoms with E-state index in [1.165, 1.54) is 18.2 Å². The maximum Gasteiger partial charge on any atom is 0.416 e. The highest BCUT2D eigenvalue weighted by atomic mass is 19.4. The van der Waals surface area contributed by atoms with Crippen molar-refractivity contribution in [3.05, 3.63) is 59.7 Å². The predicted molar refractivity (Wildman–Crippen MR) is 88.3 cm³/mol. The van der Waals surface area contributed by atoms with Gasteiger partial charge in [0.25, 0.3) is 0 Å². The Hall–Kier alpha value is -2.87. The van der Waals surface area contributed by atoms with Crippen molar-refractivity contribution in [3.63, 3.8) is 0 Å². The topological polar surface area (TPSA) is 67.2 Å². The van der Waals surface area contributed by atoms with Crippen molar-refractivity contribution in [2.45, 2.75) is 18.8 Å². The van der Waals surface area contributed by atoms with Crippen molar-refractivity contribution in [2.75, 3.05) is 5.32 Å². The number of hydrogen-bond donors (Lipinski definition) is 2. The van der Waals surface area contributed by atoms with Crippen LogP contribution in [0.15, 0.2) is 48.5 Å². The van der Waals surface area contributed by atoms with Crippen LogP contribution in [-0.4, -0.2) is 20.6 Å². The number of carbonyl (C=O) groups is 1. The van der Waals surface area contributed by atoms with Crippen molar-refractivity contribution in [3.8, 4) is 0 Å². The number of aliphatic hydroxyl groups excluding tert-OH is 1. The first-order valence-electron chi connectivity index (χ1n) is 7.96. The molecule has 1 aromatic heterocycles. The van der Waals surface area contributed by atoms with E-state index in [-0.39, 0.29) is 12.1 Å². The lowest BCUT2D eigenvalue weighted by Gasteiger charge is -2.29. The van der Waals surface area contributed by atoms with E-state index in [9.17, 15) is 23.1 Å². The second-order valence-electron chi connectivity index (χ2n) is 6.16. The number of carbonyl (C=O) groups excluding carboxylic acids is 1. The molecule has 134 valence electrons. The predicted octanol–water partition coefficient (Wildman–Crippen LogP) is 3.36. The molecular weight excluding hydrogens is 347 g/mol. The average Bonchev–Trinajstić information content (AvgIpc) is 2.97. The maximum atomic E-state index is 13.2. The zero-order chi connectivity index (χ0) is 18.5. The van der Waals surface area contributed by atoms with Crippen molar-refractivity contribution in [1.82, 2.24) is 9.55 Å². The maximum absolute atomic E-state index is 13.2. The molecule has 2 atom stereocenters. The molecule has 1 amide bonds. The SMILES string of the molecule is O=C1Nc2nc3ccccc3n2CC1C(O)c1ccccc1C(F)(F)F. The molecule has 3 aromatic rings. The van der Waals surface area contributed by atoms with Gasteiger partial charge in [0.05, 0.1) is 28.6 Å². The first-order chi connectivity index (χ1) is 12.4. The van der Waals surface area contributed by atoms with E-state index >= 15 is 0 Å². The summed E-state index contributed by atoms with van der Waals surface area (Å²) in [5, 5.41) is 13.2. The summed E-state index contributed by atoms with van der Waals surface area (Å²) >= 11 is 0. The Balaban J connectivity index is 1.74. The average molecular weight is 361 g/mol. The summed E-state index contributed by atoms with van der Waals surface area (Å²) in [7, 11) is 0. The third-order valence-electron chi connectivity index (χ3n) is 4.57. The smallest absolute Gasteiger partial charge is 0.387 e. The van der Waals surface area contributed by atoms with Gasteiger partial charge in [0.1, 0.15) is 0 Å². The van der Waals surface area contributed by atoms with Gasteiger partial charge in [-0.1, -0.05) is 30.3 Å². The first-order valence-corrected chi connectivity index (χ1v) is 7.96. The molecule has 0 radical (unpaired) electrons. The van der Waals surface area contributed by atoms with Gasteiger partial charge in [-0.05, 0) is 23.8 Å². The number of alkyl halides is 3. The second-order valence-corrected chi connectivity index (χ2v) is 6.16. The zero-order valence-electron chi connectivity index (χ0n) is 13.4. The Morgan fingerprint density at radius 1 is 1.15 bits per heavy atom. The van der Waals surface area contributed by atoms with Crippen LogP contribution in [0.3, 0.4) is 0 Å². The number of halogens is 3. The van der Waals surface area contributed by atoms with Gasteiger partial charge in [0, 0.05) is 6.54 Å². The Labute approximate surface area is 146 Å². The van der Waals surface area contributed by atoms with Gasteiger partial charge in [0.15, 0.2) is 0 Å². The molecule has 0 aliphatic carbocycles. The molecule has 8 heteroatoms. The molecule has 0 saturated carbocycles. The Morgan fingerprint density at radius 3 is 2.62 bits per heavy atom. The van der Waals surface area contributed by atoms with Crippen LogP contribution >= 0.6 is 0 Å². The molecule has 2 N–H and O–H groups in total. The monoisotopic (exact) mass is 361 g/mol. The summed E-state index contributed by atoms with van der Waals surface area (Å²) < 4.78 is 41.4. The summed E-state index contributed by atoms with van der Waals surface area (Å²) in [6.07, 6.45) is -6.21. The van der Waals surface area contributed by atoms with E-state index < -0.39 is 29.7 Å². The summed E-state index contributed by atoms with van der Waals surface area (Å²) in [6.45, 7) is 0.0367. The van der Waals surface area contributed by atoms with Crippen LogP contribution in [0.1, 0.15) is 17.2 Å². The lowest BCUT2D eigenvalue weighted by Crippen LogP contribution is -2.37. The summed E-state index contributed by atoms with van der Waals surface area (Å²) in [5.74, 6) is -1.30. The highest BCUT2D eigenvalue weighted by Crippen LogP contribution is 2.38. The van der Waals surface area contributed by atoms with Crippen LogP contribution in [0.2, 0.25) is 0 Å². The van der Waals surface area contributed by atoms with Crippen LogP contribution in [0.25, 0.3) is 11.0 Å². The van der Waals surface area contributed by atoms with Crippen molar-refractivity contribution < 1.29 is 23.1 Å². The van der Waals surface area contributed by atoms with E-state index in [1.54, 1.807) is 28.8 Å². The van der Waals surface area contributed by atoms with Crippen molar-refractivity contribution >= 4 is 22.9 Å². The molecule has 0 fully saturated rings. The minimum Gasteiger partial charge on any atom is -0.387 e. The highest BCUT2D eigenvalue weighted by Gasteiger charge is 2.40. The minimum absolute atomic E-state index is 0.0367. The number of rotatable bonds is 2. The van der Waals surface area contributed by atoms with Gasteiger partial charge in [-0.3, -0.25) is 10.1 Å². The van der Waals surface area contributed by atoms with Gasteiger partial charge in [-0.25, -0.2) is 4.98 Å². The standard InChI is InChI=1S/C18H14F3N3O2/c19-18(20,21)12-6-2-1-5-10(12)15(25)11-9-24-14-8-4-3-7-13(14)22-17(24)23-16(11)26/h1-8,11,15,25H,9H2,(H,22,23,26). The van der Waals surface area contributed by atoms with Crippen LogP contribution in [0.5, 0.6) is 0 Å². The fourth-order valence-corrected chi connectivity index (χ4v) is 3.31. The second kappa shape index (κ2) is 5.84. The molecule has 0 saturated heterocycles. The Morgan fingerprint density at radius 2 is 1.85 bits per heavy atom. The van der Waals surface area contributed by atoms with E-state index in [2.05, 4.69) is 10.3 Å². The number of amides is 1. The van der Waals surface area contributed by atoms with E-state index in [0.29, 0.717) is 11.5 Å². The number of fused-ring (bicyclic) bond motifs is 3. The summed E-state index contributed by atoms with van der Waals surface area (Å²) in [6, 6.07) is 11.9. The van der Waals surface area contributed by atoms with Gasteiger partial charge >= 0.3 is 6.18 Å². The van der Waals surface area contributed by atoms with E-state index in [0.717, 1.165) is 11.6 Å². The van der Waals surface area contributed by atoms with Gasteiger partial charge in [-0.2, -0.15) is 13.2 Å². The van der Waals surface area contributed by atoms with Crippen LogP contribution in [0.4, 0.5) is 19.1 Å². The van der Waals surface area contributed by atoms with Crippen molar-refractivity contribution in [1.29, 1.82) is 0 Å². The first kappa shape index (κ1) is 16.6. The molecule has 2 unspecified atom stereocenters. The number of anilines is 1. The number of benzene rings is 2. The lowest BCUT2D eigenvalue weighted by molar-refractivity contribution is -0.140. The number of nitrogens with zero attached hydrogens (tertiary/aromatic N) is 2. The number of aromatic nitrogens is 2. The number of nitrogens with one attached hydrogen (secondary N) is 1. The molecule has 5 nitrogen and oxygen atoms in total. The van der Waals surface area contributed by atoms with Crippen LogP contribution in [0, 0.1) is 5.92 Å². The third-order valence-corrected chi connectivity index (χ3v) is 4.57. The Kier molecular flexibility index (Phi) is 3.73. The van der Waals surface area contributed by atoms with Crippen LogP contribution in [-0.2, 0) is 17.5 Å². The summed E-state index contributed by atoms with van der Waals surface area (Å²) in [4.78, 5) is 16.7. The van der Waals surface area contributed by atoms with E-state index in [4.69, 9.17) is 0 Å². The number of para-hydroxylation sites is 2. The highest BCUT2D eigenvalue weighted by molar-refractivity contribution is 5.95. The zero-order valence-corrected chi connectivity index (χ0v) is 13.4. The fraction of sp³-hybridized carbons (Fsp3) is 0.222. The molecule has 4 rings (SSSR count). The molecule has 26 heavy (non-hydrogen) atoms. The molecule has 1 aliphatic heterocycles. The van der Waals surface area contributed by atoms with Gasteiger partial charge in [0.2, 0.25) is 11.9 Å². The number of hydrogen-bond acceptors (Lipinski definition) is 3. The molecule has 0 spiro atoms. The fourth-order valence-electron chi connectivity index (χ4n) is 3.31. The molecule has 0 bridgehead atoms. The quantitative estimate of drug-likeness (QED) is 0.736. The molecule has 2 aromatic carbocycles. The molecule has 1 aliphatic rings. The van der Waals surface area contributed by atoms with Gasteiger partial charge < -0.3 is 9.67 Å². The number of aliphatic hydroxyl groups is 1. The minimum atomic E-state index is -4.62. The normalized spacial score (nSPS) is 18.5. The molecular formula is C18H14F3N3O2. The van der Waals surface area contributed by atoms with Crippen molar-refractivity contribution in [2.24, 2.45) is 5.92 Å². The van der Waals surface area contributed by atoms with Gasteiger partial charge in [-0.15, -0.1) is 0 Å². The third kappa shape index (κ3) is 2.62. The lowest BCUT2D eigenvalue weighted by atomic mass is 9.90. The van der Waals surface area contributed by atoms with E-state index in [1.807, 2.05) is 0 Å². The largest absolute Gasteiger partial charge is 0.416 e. The summed E-state index contributed by atoms with van der Waals surface area (Å²) in [5.41, 5.74) is 0.145. The van der Waals surface area contributed by atoms with Crippen LogP contribution < -0.4 is 5.32 Å². The molecule has 2 heterocycles.